The second-order valence-electron chi connectivity index (χ2n) is 7.74. The van der Waals surface area contributed by atoms with Crippen LogP contribution in [0.4, 0.5) is 4.79 Å². The van der Waals surface area contributed by atoms with E-state index in [1.807, 2.05) is 21.0 Å². The van der Waals surface area contributed by atoms with Crippen LogP contribution in [0.3, 0.4) is 0 Å². The normalized spacial score (nSPS) is 25.0. The summed E-state index contributed by atoms with van der Waals surface area (Å²) in [6.45, 7) is 10.6. The molecule has 3 unspecified atom stereocenters. The quantitative estimate of drug-likeness (QED) is 0.832. The van der Waals surface area contributed by atoms with Crippen LogP contribution in [0, 0.1) is 11.3 Å². The maximum Gasteiger partial charge on any atom is 0.317 e. The Kier molecular flexibility index (Phi) is 6.47. The summed E-state index contributed by atoms with van der Waals surface area (Å²) < 4.78 is 0. The molecule has 5 heteroatoms. The predicted octanol–water partition coefficient (Wildman–Crippen LogP) is 1.77. The Labute approximate surface area is 129 Å². The second-order valence-corrected chi connectivity index (χ2v) is 7.74. The van der Waals surface area contributed by atoms with E-state index in [4.69, 9.17) is 0 Å². The van der Waals surface area contributed by atoms with E-state index >= 15 is 0 Å². The lowest BCUT2D eigenvalue weighted by molar-refractivity contribution is 0.0417. The first-order valence-corrected chi connectivity index (χ1v) is 7.99. The van der Waals surface area contributed by atoms with Crippen molar-refractivity contribution in [2.75, 3.05) is 33.7 Å². The Morgan fingerprint density at radius 3 is 2.52 bits per heavy atom. The van der Waals surface area contributed by atoms with Crippen LogP contribution >= 0.6 is 0 Å². The summed E-state index contributed by atoms with van der Waals surface area (Å²) in [4.78, 5) is 16.3. The van der Waals surface area contributed by atoms with E-state index in [9.17, 15) is 9.90 Å². The molecule has 0 aliphatic carbocycles. The number of likely N-dealkylation sites (tertiary alicyclic amines) is 1. The van der Waals surface area contributed by atoms with Crippen LogP contribution in [0.5, 0.6) is 0 Å². The van der Waals surface area contributed by atoms with Crippen molar-refractivity contribution in [2.24, 2.45) is 11.3 Å². The highest BCUT2D eigenvalue weighted by atomic mass is 16.3. The molecule has 3 atom stereocenters. The number of nitrogens with zero attached hydrogens (tertiary/aromatic N) is 2. The average molecular weight is 299 g/mol. The molecule has 0 saturated carbocycles. The number of aliphatic hydroxyl groups excluding tert-OH is 1. The van der Waals surface area contributed by atoms with E-state index < -0.39 is 6.10 Å². The molecule has 2 N–H and O–H groups in total. The van der Waals surface area contributed by atoms with Gasteiger partial charge in [0.05, 0.1) is 6.10 Å². The van der Waals surface area contributed by atoms with Crippen LogP contribution in [0.2, 0.25) is 0 Å². The number of hydrogen-bond acceptors (Lipinski definition) is 3. The molecule has 0 spiro atoms. The minimum absolute atomic E-state index is 0.0212. The van der Waals surface area contributed by atoms with Crippen molar-refractivity contribution in [3.63, 3.8) is 0 Å². The maximum atomic E-state index is 12.4. The smallest absolute Gasteiger partial charge is 0.317 e. The minimum atomic E-state index is -0.403. The van der Waals surface area contributed by atoms with Gasteiger partial charge in [-0.05, 0) is 44.8 Å². The van der Waals surface area contributed by atoms with Gasteiger partial charge in [-0.3, -0.25) is 0 Å². The number of carbonyl (C=O) groups excluding carboxylic acids is 1. The van der Waals surface area contributed by atoms with E-state index in [1.54, 1.807) is 4.90 Å². The predicted molar refractivity (Wildman–Crippen MR) is 86.3 cm³/mol. The third kappa shape index (κ3) is 5.83. The molecule has 1 heterocycles. The van der Waals surface area contributed by atoms with E-state index in [-0.39, 0.29) is 23.4 Å². The Bertz CT molecular complexity index is 339. The summed E-state index contributed by atoms with van der Waals surface area (Å²) in [7, 11) is 4.09. The van der Waals surface area contributed by atoms with Gasteiger partial charge in [-0.2, -0.15) is 0 Å². The van der Waals surface area contributed by atoms with Gasteiger partial charge in [-0.1, -0.05) is 27.7 Å². The third-order valence-electron chi connectivity index (χ3n) is 4.41. The highest BCUT2D eigenvalue weighted by molar-refractivity contribution is 5.74. The van der Waals surface area contributed by atoms with Crippen molar-refractivity contribution in [1.82, 2.24) is 15.1 Å². The van der Waals surface area contributed by atoms with Crippen molar-refractivity contribution < 1.29 is 9.90 Å². The van der Waals surface area contributed by atoms with Crippen molar-refractivity contribution in [2.45, 2.75) is 52.7 Å². The lowest BCUT2D eigenvalue weighted by Gasteiger charge is -2.38. The highest BCUT2D eigenvalue weighted by Crippen LogP contribution is 2.23. The molecule has 0 aromatic carbocycles. The van der Waals surface area contributed by atoms with Gasteiger partial charge in [-0.15, -0.1) is 0 Å². The number of rotatable bonds is 4. The van der Waals surface area contributed by atoms with E-state index in [0.717, 1.165) is 25.9 Å². The monoisotopic (exact) mass is 299 g/mol. The molecule has 5 nitrogen and oxygen atoms in total. The summed E-state index contributed by atoms with van der Waals surface area (Å²) in [6.07, 6.45) is 1.39. The molecule has 0 radical (unpaired) electrons. The second kappa shape index (κ2) is 7.45. The molecule has 1 fully saturated rings. The van der Waals surface area contributed by atoms with Gasteiger partial charge >= 0.3 is 6.03 Å². The molecule has 1 saturated heterocycles. The van der Waals surface area contributed by atoms with Crippen molar-refractivity contribution in [1.29, 1.82) is 0 Å². The van der Waals surface area contributed by atoms with Gasteiger partial charge in [-0.25, -0.2) is 4.79 Å². The number of amides is 2. The van der Waals surface area contributed by atoms with Crippen LogP contribution in [-0.4, -0.2) is 66.8 Å². The first-order chi connectivity index (χ1) is 9.61. The molecule has 0 aromatic heterocycles. The first kappa shape index (κ1) is 18.2. The minimum Gasteiger partial charge on any atom is -0.391 e. The molecule has 0 aromatic rings. The summed E-state index contributed by atoms with van der Waals surface area (Å²) in [6, 6.07) is 0.0866. The summed E-state index contributed by atoms with van der Waals surface area (Å²) in [5.74, 6) is 0.279. The lowest BCUT2D eigenvalue weighted by Crippen LogP contribution is -2.54. The first-order valence-electron chi connectivity index (χ1n) is 7.99. The molecular weight excluding hydrogens is 266 g/mol. The van der Waals surface area contributed by atoms with Crippen molar-refractivity contribution >= 4 is 6.03 Å². The van der Waals surface area contributed by atoms with E-state index in [2.05, 4.69) is 31.0 Å². The van der Waals surface area contributed by atoms with Gasteiger partial charge in [0.1, 0.15) is 0 Å². The summed E-state index contributed by atoms with van der Waals surface area (Å²) in [5.41, 5.74) is 0.0212. The van der Waals surface area contributed by atoms with Crippen LogP contribution in [0.15, 0.2) is 0 Å². The topological polar surface area (TPSA) is 55.8 Å². The largest absolute Gasteiger partial charge is 0.391 e. The molecule has 1 rings (SSSR count). The lowest BCUT2D eigenvalue weighted by atomic mass is 9.84. The molecule has 21 heavy (non-hydrogen) atoms. The zero-order chi connectivity index (χ0) is 16.2. The Balaban J connectivity index is 2.59. The Morgan fingerprint density at radius 1 is 1.43 bits per heavy atom. The molecule has 124 valence electrons. The number of aliphatic hydroxyl groups is 1. The molecule has 1 aliphatic heterocycles. The van der Waals surface area contributed by atoms with Crippen molar-refractivity contribution in [3.8, 4) is 0 Å². The van der Waals surface area contributed by atoms with E-state index in [1.165, 1.54) is 0 Å². The summed E-state index contributed by atoms with van der Waals surface area (Å²) >= 11 is 0. The average Bonchev–Trinajstić information content (AvgIpc) is 2.35. The molecule has 2 amide bonds. The van der Waals surface area contributed by atoms with E-state index in [0.29, 0.717) is 6.54 Å². The van der Waals surface area contributed by atoms with Crippen LogP contribution in [0.25, 0.3) is 0 Å². The number of hydrogen-bond donors (Lipinski definition) is 2. The molecule has 0 bridgehead atoms. The van der Waals surface area contributed by atoms with Crippen LogP contribution in [-0.2, 0) is 0 Å². The zero-order valence-electron chi connectivity index (χ0n) is 14.5. The number of nitrogens with one attached hydrogen (secondary N) is 1. The number of piperidine rings is 1. The number of urea groups is 1. The number of β-amino-alcohol motifs (C(OH)–C–C–N with tert-alkyl or cyclic N) is 1. The maximum absolute atomic E-state index is 12.4. The SMILES string of the molecule is CC1CCN(C(=O)NC(CCN(C)C)C(C)(C)C)CC1O. The third-order valence-corrected chi connectivity index (χ3v) is 4.41. The highest BCUT2D eigenvalue weighted by Gasteiger charge is 2.31. The Morgan fingerprint density at radius 2 is 2.05 bits per heavy atom. The van der Waals surface area contributed by atoms with Gasteiger partial charge in [0.25, 0.3) is 0 Å². The van der Waals surface area contributed by atoms with Crippen LogP contribution < -0.4 is 5.32 Å². The molecule has 1 aliphatic rings. The number of carbonyl (C=O) groups is 1. The van der Waals surface area contributed by atoms with Gasteiger partial charge in [0.15, 0.2) is 0 Å². The molecular formula is C16H33N3O2. The standard InChI is InChI=1S/C16H33N3O2/c1-12-7-10-19(11-13(12)20)15(21)17-14(16(2,3)4)8-9-18(5)6/h12-14,20H,7-11H2,1-6H3,(H,17,21). The Hall–Kier alpha value is -0.810. The fraction of sp³-hybridized carbons (Fsp3) is 0.938. The fourth-order valence-corrected chi connectivity index (χ4v) is 2.58. The van der Waals surface area contributed by atoms with Gasteiger partial charge in [0.2, 0.25) is 0 Å². The zero-order valence-corrected chi connectivity index (χ0v) is 14.5. The van der Waals surface area contributed by atoms with Gasteiger partial charge < -0.3 is 20.2 Å². The van der Waals surface area contributed by atoms with Crippen LogP contribution in [0.1, 0.15) is 40.5 Å². The van der Waals surface area contributed by atoms with Gasteiger partial charge in [0, 0.05) is 19.1 Å². The summed E-state index contributed by atoms with van der Waals surface area (Å²) in [5, 5.41) is 13.1. The van der Waals surface area contributed by atoms with Crippen molar-refractivity contribution in [3.05, 3.63) is 0 Å². The fourth-order valence-electron chi connectivity index (χ4n) is 2.58.